The molecule has 134 valence electrons. The van der Waals surface area contributed by atoms with Gasteiger partial charge in [0.2, 0.25) is 5.82 Å². The van der Waals surface area contributed by atoms with E-state index in [4.69, 9.17) is 11.6 Å². The SMILES string of the molecule is CC1=NN(c2c(F)c(F)c(F)c(F)c2F)C(=O)/C1=C/c1cccc(Cl)c1. The Morgan fingerprint density at radius 3 is 2.15 bits per heavy atom. The molecule has 0 saturated carbocycles. The van der Waals surface area contributed by atoms with E-state index in [2.05, 4.69) is 5.10 Å². The second-order valence-corrected chi connectivity index (χ2v) is 5.77. The van der Waals surface area contributed by atoms with Crippen LogP contribution in [0.4, 0.5) is 27.6 Å². The molecule has 0 atom stereocenters. The molecule has 0 bridgehead atoms. The molecule has 0 saturated heterocycles. The van der Waals surface area contributed by atoms with E-state index in [0.29, 0.717) is 10.6 Å². The Balaban J connectivity index is 2.10. The fourth-order valence-corrected chi connectivity index (χ4v) is 2.58. The first-order valence-electron chi connectivity index (χ1n) is 7.11. The summed E-state index contributed by atoms with van der Waals surface area (Å²) in [4.78, 5) is 12.5. The Morgan fingerprint density at radius 1 is 1.00 bits per heavy atom. The predicted octanol–water partition coefficient (Wildman–Crippen LogP) is 4.84. The second kappa shape index (κ2) is 6.53. The Morgan fingerprint density at radius 2 is 1.58 bits per heavy atom. The van der Waals surface area contributed by atoms with Gasteiger partial charge in [-0.2, -0.15) is 10.1 Å². The van der Waals surface area contributed by atoms with Crippen molar-refractivity contribution in [3.05, 3.63) is 69.5 Å². The first kappa shape index (κ1) is 18.1. The highest BCUT2D eigenvalue weighted by molar-refractivity contribution is 6.32. The van der Waals surface area contributed by atoms with Crippen LogP contribution in [-0.4, -0.2) is 11.6 Å². The molecule has 26 heavy (non-hydrogen) atoms. The maximum Gasteiger partial charge on any atom is 0.280 e. The van der Waals surface area contributed by atoms with E-state index in [1.165, 1.54) is 19.1 Å². The molecule has 1 amide bonds. The predicted molar refractivity (Wildman–Crippen MR) is 86.3 cm³/mol. The monoisotopic (exact) mass is 386 g/mol. The molecule has 0 spiro atoms. The highest BCUT2D eigenvalue weighted by Gasteiger charge is 2.36. The van der Waals surface area contributed by atoms with E-state index in [1.54, 1.807) is 18.2 Å². The van der Waals surface area contributed by atoms with Gasteiger partial charge in [0.25, 0.3) is 5.91 Å². The van der Waals surface area contributed by atoms with Crippen molar-refractivity contribution in [1.82, 2.24) is 0 Å². The minimum atomic E-state index is -2.31. The van der Waals surface area contributed by atoms with Crippen molar-refractivity contribution >= 4 is 35.0 Å². The minimum absolute atomic E-state index is 0.0407. The van der Waals surface area contributed by atoms with Crippen LogP contribution >= 0.6 is 11.6 Å². The summed E-state index contributed by atoms with van der Waals surface area (Å²) in [6, 6.07) is 6.35. The molecular weight excluding hydrogens is 379 g/mol. The smallest absolute Gasteiger partial charge is 0.267 e. The number of hydrazone groups is 1. The molecule has 2 aromatic rings. The summed E-state index contributed by atoms with van der Waals surface area (Å²) < 4.78 is 67.8. The molecule has 0 unspecified atom stereocenters. The first-order chi connectivity index (χ1) is 12.2. The summed E-state index contributed by atoms with van der Waals surface area (Å²) in [6.45, 7) is 1.36. The maximum absolute atomic E-state index is 13.9. The molecular formula is C17H8ClF5N2O. The van der Waals surface area contributed by atoms with Crippen molar-refractivity contribution in [2.45, 2.75) is 6.92 Å². The average molecular weight is 387 g/mol. The third-order valence-corrected chi connectivity index (χ3v) is 3.86. The Hall–Kier alpha value is -2.74. The lowest BCUT2D eigenvalue weighted by atomic mass is 10.1. The van der Waals surface area contributed by atoms with Gasteiger partial charge >= 0.3 is 0 Å². The number of rotatable bonds is 2. The van der Waals surface area contributed by atoms with Crippen LogP contribution in [0.25, 0.3) is 6.08 Å². The molecule has 9 heteroatoms. The summed E-state index contributed by atoms with van der Waals surface area (Å²) in [7, 11) is 0. The highest BCUT2D eigenvalue weighted by atomic mass is 35.5. The summed E-state index contributed by atoms with van der Waals surface area (Å²) >= 11 is 5.85. The Labute approximate surface area is 149 Å². The van der Waals surface area contributed by atoms with Gasteiger partial charge < -0.3 is 0 Å². The van der Waals surface area contributed by atoms with Crippen molar-refractivity contribution in [3.63, 3.8) is 0 Å². The minimum Gasteiger partial charge on any atom is -0.267 e. The molecule has 0 radical (unpaired) electrons. The largest absolute Gasteiger partial charge is 0.280 e. The quantitative estimate of drug-likeness (QED) is 0.314. The Bertz CT molecular complexity index is 974. The number of nitrogens with zero attached hydrogens (tertiary/aromatic N) is 2. The molecule has 1 heterocycles. The molecule has 1 aliphatic rings. The van der Waals surface area contributed by atoms with E-state index in [-0.39, 0.29) is 16.3 Å². The van der Waals surface area contributed by atoms with Crippen molar-refractivity contribution in [1.29, 1.82) is 0 Å². The third kappa shape index (κ3) is 2.86. The number of carbonyl (C=O) groups is 1. The normalized spacial score (nSPS) is 15.8. The van der Waals surface area contributed by atoms with Crippen LogP contribution in [0, 0.1) is 29.1 Å². The topological polar surface area (TPSA) is 32.7 Å². The maximum atomic E-state index is 13.9. The summed E-state index contributed by atoms with van der Waals surface area (Å²) in [6.07, 6.45) is 1.35. The van der Waals surface area contributed by atoms with Crippen molar-refractivity contribution < 1.29 is 26.7 Å². The van der Waals surface area contributed by atoms with Crippen molar-refractivity contribution in [3.8, 4) is 0 Å². The zero-order valence-electron chi connectivity index (χ0n) is 13.0. The lowest BCUT2D eigenvalue weighted by Crippen LogP contribution is -2.25. The molecule has 0 fully saturated rings. The summed E-state index contributed by atoms with van der Waals surface area (Å²) in [5.41, 5.74) is -0.968. The zero-order valence-corrected chi connectivity index (χ0v) is 13.7. The van der Waals surface area contributed by atoms with Gasteiger partial charge in [-0.05, 0) is 30.7 Å². The van der Waals surface area contributed by atoms with Crippen molar-refractivity contribution in [2.24, 2.45) is 5.10 Å². The van der Waals surface area contributed by atoms with Gasteiger partial charge in [-0.1, -0.05) is 23.7 Å². The molecule has 2 aromatic carbocycles. The van der Waals surface area contributed by atoms with Gasteiger partial charge in [-0.25, -0.2) is 22.0 Å². The fraction of sp³-hybridized carbons (Fsp3) is 0.0588. The molecule has 0 aliphatic carbocycles. The molecule has 0 N–H and O–H groups in total. The zero-order chi connectivity index (χ0) is 19.2. The van der Waals surface area contributed by atoms with E-state index in [0.717, 1.165) is 0 Å². The van der Waals surface area contributed by atoms with Gasteiger partial charge in [0.15, 0.2) is 23.3 Å². The number of amides is 1. The van der Waals surface area contributed by atoms with Crippen LogP contribution in [0.1, 0.15) is 12.5 Å². The van der Waals surface area contributed by atoms with Crippen LogP contribution in [0.3, 0.4) is 0 Å². The van der Waals surface area contributed by atoms with Crippen LogP contribution in [-0.2, 0) is 4.79 Å². The molecule has 0 aromatic heterocycles. The fourth-order valence-electron chi connectivity index (χ4n) is 2.38. The van der Waals surface area contributed by atoms with Crippen molar-refractivity contribution in [2.75, 3.05) is 5.01 Å². The molecule has 3 rings (SSSR count). The van der Waals surface area contributed by atoms with Crippen LogP contribution in [0.2, 0.25) is 5.02 Å². The first-order valence-corrected chi connectivity index (χ1v) is 7.49. The summed E-state index contributed by atoms with van der Waals surface area (Å²) in [5, 5.41) is 4.18. The lowest BCUT2D eigenvalue weighted by molar-refractivity contribution is -0.114. The number of carbonyl (C=O) groups excluding carboxylic acids is 1. The van der Waals surface area contributed by atoms with E-state index >= 15 is 0 Å². The number of hydrogen-bond donors (Lipinski definition) is 0. The van der Waals surface area contributed by atoms with E-state index < -0.39 is 40.7 Å². The van der Waals surface area contributed by atoms with E-state index in [9.17, 15) is 26.7 Å². The van der Waals surface area contributed by atoms with Crippen LogP contribution in [0.5, 0.6) is 0 Å². The van der Waals surface area contributed by atoms with Gasteiger partial charge in [0, 0.05) is 5.02 Å². The average Bonchev–Trinajstić information content (AvgIpc) is 2.87. The van der Waals surface area contributed by atoms with Gasteiger partial charge in [0.1, 0.15) is 5.69 Å². The van der Waals surface area contributed by atoms with Gasteiger partial charge in [-0.3, -0.25) is 4.79 Å². The third-order valence-electron chi connectivity index (χ3n) is 3.62. The van der Waals surface area contributed by atoms with E-state index in [1.807, 2.05) is 0 Å². The lowest BCUT2D eigenvalue weighted by Gasteiger charge is -2.15. The number of anilines is 1. The number of benzene rings is 2. The second-order valence-electron chi connectivity index (χ2n) is 5.33. The standard InChI is InChI=1S/C17H8ClF5N2O/c1-7-10(6-8-3-2-4-9(18)5-8)17(26)25(24-7)16-14(22)12(20)11(19)13(21)15(16)23/h2-6H,1H3/b10-6+. The number of halogens is 6. The van der Waals surface area contributed by atoms with Gasteiger partial charge in [0.05, 0.1) is 11.3 Å². The Kier molecular flexibility index (Phi) is 4.53. The molecule has 1 aliphatic heterocycles. The van der Waals surface area contributed by atoms with Crippen LogP contribution in [0.15, 0.2) is 34.9 Å². The summed E-state index contributed by atoms with van der Waals surface area (Å²) in [5.74, 6) is -12.0. The van der Waals surface area contributed by atoms with Gasteiger partial charge in [-0.15, -0.1) is 0 Å². The van der Waals surface area contributed by atoms with Crippen LogP contribution < -0.4 is 5.01 Å². The highest BCUT2D eigenvalue weighted by Crippen LogP contribution is 2.34. The molecule has 3 nitrogen and oxygen atoms in total. The number of hydrogen-bond acceptors (Lipinski definition) is 2.